The van der Waals surface area contributed by atoms with Crippen LogP contribution < -0.4 is 5.73 Å². The first kappa shape index (κ1) is 23.0. The summed E-state index contributed by atoms with van der Waals surface area (Å²) >= 11 is 0. The Morgan fingerprint density at radius 3 is 2.36 bits per heavy atom. The molecule has 0 bridgehead atoms. The summed E-state index contributed by atoms with van der Waals surface area (Å²) in [6.07, 6.45) is -0.665. The van der Waals surface area contributed by atoms with E-state index in [4.69, 9.17) is 29.0 Å². The van der Waals surface area contributed by atoms with E-state index < -0.39 is 31.7 Å². The van der Waals surface area contributed by atoms with Gasteiger partial charge in [-0.1, -0.05) is 0 Å². The zero-order valence-corrected chi connectivity index (χ0v) is 17.0. The van der Waals surface area contributed by atoms with Gasteiger partial charge in [0, 0.05) is 7.11 Å². The molecule has 1 fully saturated rings. The van der Waals surface area contributed by atoms with Gasteiger partial charge in [0.05, 0.1) is 24.4 Å². The maximum atomic E-state index is 12.4. The van der Waals surface area contributed by atoms with E-state index in [0.717, 1.165) is 6.42 Å². The van der Waals surface area contributed by atoms with Gasteiger partial charge in [-0.3, -0.25) is 9.05 Å². The minimum atomic E-state index is -4.29. The average molecular weight is 383 g/mol. The van der Waals surface area contributed by atoms with Crippen LogP contribution in [0.5, 0.6) is 0 Å². The molecule has 0 aliphatic carbocycles. The second-order valence-corrected chi connectivity index (χ2v) is 8.80. The summed E-state index contributed by atoms with van der Waals surface area (Å²) in [7, 11) is -2.76. The van der Waals surface area contributed by atoms with Crippen molar-refractivity contribution in [1.29, 1.82) is 0 Å². The van der Waals surface area contributed by atoms with E-state index in [-0.39, 0.29) is 18.8 Å². The molecule has 0 spiro atoms. The Morgan fingerprint density at radius 2 is 1.88 bits per heavy atom. The summed E-state index contributed by atoms with van der Waals surface area (Å²) in [5.41, 5.74) is 4.75. The van der Waals surface area contributed by atoms with Crippen LogP contribution in [0, 0.1) is 0 Å². The first-order valence-electron chi connectivity index (χ1n) is 8.71. The van der Waals surface area contributed by atoms with Crippen molar-refractivity contribution >= 4 is 7.82 Å². The number of phosphoric ester groups is 1. The van der Waals surface area contributed by atoms with Crippen LogP contribution in [0.4, 0.5) is 0 Å². The molecule has 1 rings (SSSR count). The number of rotatable bonds is 10. The minimum absolute atomic E-state index is 0.0000861. The lowest BCUT2D eigenvalue weighted by molar-refractivity contribution is -0.0625. The Morgan fingerprint density at radius 1 is 1.24 bits per heavy atom. The fourth-order valence-electron chi connectivity index (χ4n) is 2.71. The van der Waals surface area contributed by atoms with Gasteiger partial charge < -0.3 is 24.8 Å². The molecule has 1 aliphatic heterocycles. The van der Waals surface area contributed by atoms with Gasteiger partial charge in [-0.2, -0.15) is 0 Å². The van der Waals surface area contributed by atoms with Crippen LogP contribution in [0.15, 0.2) is 0 Å². The molecule has 150 valence electrons. The summed E-state index contributed by atoms with van der Waals surface area (Å²) in [6.45, 7) is 9.62. The SMILES string of the molecule is CO[C@H]1C(OP(=O)(O)OC(C)(C)C)[C@@H](COC(C)C)O[C@H]1CCCN. The third-order valence-corrected chi connectivity index (χ3v) is 4.90. The molecule has 9 heteroatoms. The molecule has 1 aliphatic rings. The molecule has 1 saturated heterocycles. The summed E-state index contributed by atoms with van der Waals surface area (Å²) < 4.78 is 40.2. The molecule has 0 saturated carbocycles. The van der Waals surface area contributed by atoms with Gasteiger partial charge in [0.15, 0.2) is 0 Å². The van der Waals surface area contributed by atoms with Crippen LogP contribution in [-0.2, 0) is 27.8 Å². The van der Waals surface area contributed by atoms with Crippen LogP contribution in [0.1, 0.15) is 47.5 Å². The molecule has 5 atom stereocenters. The van der Waals surface area contributed by atoms with E-state index in [1.54, 1.807) is 20.8 Å². The molecule has 3 N–H and O–H groups in total. The van der Waals surface area contributed by atoms with Gasteiger partial charge >= 0.3 is 7.82 Å². The van der Waals surface area contributed by atoms with Crippen molar-refractivity contribution in [1.82, 2.24) is 0 Å². The zero-order valence-electron chi connectivity index (χ0n) is 16.1. The van der Waals surface area contributed by atoms with Gasteiger partial charge in [-0.05, 0) is 54.0 Å². The smallest absolute Gasteiger partial charge is 0.376 e. The van der Waals surface area contributed by atoms with Crippen molar-refractivity contribution in [3.05, 3.63) is 0 Å². The summed E-state index contributed by atoms with van der Waals surface area (Å²) in [5, 5.41) is 0. The van der Waals surface area contributed by atoms with E-state index in [1.165, 1.54) is 7.11 Å². The average Bonchev–Trinajstić information content (AvgIpc) is 2.76. The molecular formula is C16H34NO7P. The second kappa shape index (κ2) is 9.76. The Kier molecular flexibility index (Phi) is 8.98. The van der Waals surface area contributed by atoms with Gasteiger partial charge in [-0.15, -0.1) is 0 Å². The summed E-state index contributed by atoms with van der Waals surface area (Å²) in [5.74, 6) is 0. The molecule has 2 unspecified atom stereocenters. The molecule has 0 aromatic rings. The van der Waals surface area contributed by atoms with E-state index in [1.807, 2.05) is 13.8 Å². The lowest BCUT2D eigenvalue weighted by Crippen LogP contribution is -2.39. The minimum Gasteiger partial charge on any atom is -0.376 e. The number of hydrogen-bond acceptors (Lipinski definition) is 7. The number of hydrogen-bond donors (Lipinski definition) is 2. The monoisotopic (exact) mass is 383 g/mol. The van der Waals surface area contributed by atoms with Crippen molar-refractivity contribution in [2.75, 3.05) is 20.3 Å². The van der Waals surface area contributed by atoms with Gasteiger partial charge in [0.2, 0.25) is 0 Å². The second-order valence-electron chi connectivity index (χ2n) is 7.47. The summed E-state index contributed by atoms with van der Waals surface area (Å²) in [4.78, 5) is 10.1. The fraction of sp³-hybridized carbons (Fsp3) is 1.00. The number of nitrogens with two attached hydrogens (primary N) is 1. The topological polar surface area (TPSA) is 109 Å². The van der Waals surface area contributed by atoms with Crippen molar-refractivity contribution in [3.8, 4) is 0 Å². The third kappa shape index (κ3) is 8.01. The lowest BCUT2D eigenvalue weighted by Gasteiger charge is -2.28. The van der Waals surface area contributed by atoms with Crippen molar-refractivity contribution in [2.45, 2.75) is 83.6 Å². The van der Waals surface area contributed by atoms with E-state index in [9.17, 15) is 9.46 Å². The first-order valence-corrected chi connectivity index (χ1v) is 10.2. The van der Waals surface area contributed by atoms with Crippen LogP contribution >= 0.6 is 7.82 Å². The molecule has 0 aromatic carbocycles. The Balaban J connectivity index is 2.91. The molecule has 1 heterocycles. The van der Waals surface area contributed by atoms with Crippen molar-refractivity contribution in [3.63, 3.8) is 0 Å². The molecule has 8 nitrogen and oxygen atoms in total. The predicted octanol–water partition coefficient (Wildman–Crippen LogP) is 2.23. The molecule has 0 amide bonds. The Bertz CT molecular complexity index is 441. The quantitative estimate of drug-likeness (QED) is 0.553. The molecular weight excluding hydrogens is 349 g/mol. The Hall–Kier alpha value is -0.0500. The highest BCUT2D eigenvalue weighted by Gasteiger charge is 2.49. The van der Waals surface area contributed by atoms with Crippen molar-refractivity contribution < 1.29 is 32.7 Å². The van der Waals surface area contributed by atoms with Crippen LogP contribution in [-0.4, -0.2) is 61.3 Å². The summed E-state index contributed by atoms with van der Waals surface area (Å²) in [6, 6.07) is 0. The van der Waals surface area contributed by atoms with Gasteiger partial charge in [-0.25, -0.2) is 4.57 Å². The van der Waals surface area contributed by atoms with Crippen LogP contribution in [0.2, 0.25) is 0 Å². The molecule has 0 aromatic heterocycles. The van der Waals surface area contributed by atoms with E-state index in [2.05, 4.69) is 0 Å². The van der Waals surface area contributed by atoms with Crippen LogP contribution in [0.25, 0.3) is 0 Å². The normalized spacial score (nSPS) is 30.0. The fourth-order valence-corrected chi connectivity index (χ4v) is 4.01. The lowest BCUT2D eigenvalue weighted by atomic mass is 10.0. The highest BCUT2D eigenvalue weighted by molar-refractivity contribution is 7.47. The molecule has 0 radical (unpaired) electrons. The maximum absolute atomic E-state index is 12.4. The first-order chi connectivity index (χ1) is 11.5. The Labute approximate surface area is 150 Å². The number of phosphoric acid groups is 1. The highest BCUT2D eigenvalue weighted by atomic mass is 31.2. The van der Waals surface area contributed by atoms with E-state index in [0.29, 0.717) is 13.0 Å². The third-order valence-electron chi connectivity index (χ3n) is 3.61. The highest BCUT2D eigenvalue weighted by Crippen LogP contribution is 2.50. The molecule has 25 heavy (non-hydrogen) atoms. The van der Waals surface area contributed by atoms with Gasteiger partial charge in [0.25, 0.3) is 0 Å². The number of ether oxygens (including phenoxy) is 3. The van der Waals surface area contributed by atoms with Gasteiger partial charge in [0.1, 0.15) is 18.3 Å². The van der Waals surface area contributed by atoms with E-state index >= 15 is 0 Å². The van der Waals surface area contributed by atoms with Crippen molar-refractivity contribution in [2.24, 2.45) is 5.73 Å². The zero-order chi connectivity index (χ0) is 19.3. The standard InChI is InChI=1S/C16H34NO7P/c1-11(2)21-10-13-15(23-25(18,19)24-16(3,4)5)14(20-6)12(22-13)8-7-9-17/h11-15H,7-10,17H2,1-6H3,(H,18,19)/t12-,13+,14+,15?/m0/s1. The largest absolute Gasteiger partial charge is 0.473 e. The number of methoxy groups -OCH3 is 1. The predicted molar refractivity (Wildman–Crippen MR) is 94.4 cm³/mol. The van der Waals surface area contributed by atoms with Crippen LogP contribution in [0.3, 0.4) is 0 Å². The maximum Gasteiger partial charge on any atom is 0.473 e.